The Labute approximate surface area is 113 Å². The molecular weight excluding hydrogens is 244 g/mol. The molecule has 2 heterocycles. The fourth-order valence-electron chi connectivity index (χ4n) is 2.14. The van der Waals surface area contributed by atoms with E-state index in [2.05, 4.69) is 19.8 Å². The number of aryl methyl sites for hydroxylation is 1. The summed E-state index contributed by atoms with van der Waals surface area (Å²) < 4.78 is 4.96. The predicted molar refractivity (Wildman–Crippen MR) is 72.1 cm³/mol. The quantitative estimate of drug-likeness (QED) is 0.737. The van der Waals surface area contributed by atoms with Crippen molar-refractivity contribution in [1.29, 1.82) is 0 Å². The van der Waals surface area contributed by atoms with Crippen molar-refractivity contribution < 1.29 is 9.53 Å². The van der Waals surface area contributed by atoms with Gasteiger partial charge >= 0.3 is 5.97 Å². The number of ether oxygens (including phenoxy) is 1. The number of carbonyl (C=O) groups excluding carboxylic acids is 1. The molecule has 1 aromatic heterocycles. The van der Waals surface area contributed by atoms with Gasteiger partial charge in [-0.15, -0.1) is 0 Å². The Balaban J connectivity index is 1.77. The maximum absolute atomic E-state index is 10.7. The summed E-state index contributed by atoms with van der Waals surface area (Å²) in [6, 6.07) is 1.95. The second kappa shape index (κ2) is 6.47. The number of hydrogen-bond acceptors (Lipinski definition) is 6. The average Bonchev–Trinajstić information content (AvgIpc) is 2.39. The van der Waals surface area contributed by atoms with Crippen molar-refractivity contribution in [3.8, 4) is 0 Å². The van der Waals surface area contributed by atoms with Crippen molar-refractivity contribution in [2.24, 2.45) is 0 Å². The van der Waals surface area contributed by atoms with E-state index >= 15 is 0 Å². The lowest BCUT2D eigenvalue weighted by atomic mass is 10.3. The highest BCUT2D eigenvalue weighted by atomic mass is 16.5. The summed E-state index contributed by atoms with van der Waals surface area (Å²) in [6.45, 7) is 8.42. The zero-order valence-corrected chi connectivity index (χ0v) is 11.5. The number of anilines is 1. The molecule has 1 fully saturated rings. The minimum Gasteiger partial charge on any atom is -0.465 e. The first-order valence-corrected chi connectivity index (χ1v) is 6.55. The summed E-state index contributed by atoms with van der Waals surface area (Å²) in [5.41, 5.74) is 0. The van der Waals surface area contributed by atoms with E-state index in [1.165, 1.54) is 6.92 Å². The van der Waals surface area contributed by atoms with Gasteiger partial charge in [-0.3, -0.25) is 9.69 Å². The zero-order valence-electron chi connectivity index (χ0n) is 11.5. The molecule has 0 bridgehead atoms. The first-order valence-electron chi connectivity index (χ1n) is 6.55. The van der Waals surface area contributed by atoms with Gasteiger partial charge in [-0.25, -0.2) is 9.97 Å². The molecule has 6 nitrogen and oxygen atoms in total. The van der Waals surface area contributed by atoms with Crippen molar-refractivity contribution in [1.82, 2.24) is 14.9 Å². The maximum Gasteiger partial charge on any atom is 0.302 e. The molecular formula is C13H20N4O2. The Morgan fingerprint density at radius 2 is 2.11 bits per heavy atom. The summed E-state index contributed by atoms with van der Waals surface area (Å²) in [4.78, 5) is 23.8. The molecule has 0 unspecified atom stereocenters. The molecule has 19 heavy (non-hydrogen) atoms. The number of nitrogens with zero attached hydrogens (tertiary/aromatic N) is 4. The van der Waals surface area contributed by atoms with Gasteiger partial charge in [-0.1, -0.05) is 0 Å². The van der Waals surface area contributed by atoms with Gasteiger partial charge < -0.3 is 9.64 Å². The van der Waals surface area contributed by atoms with Crippen LogP contribution in [0.1, 0.15) is 12.7 Å². The van der Waals surface area contributed by atoms with Crippen LogP contribution in [0.25, 0.3) is 0 Å². The number of hydrogen-bond donors (Lipinski definition) is 0. The Hall–Kier alpha value is -1.69. The molecule has 1 aliphatic heterocycles. The van der Waals surface area contributed by atoms with E-state index in [0.717, 1.165) is 44.4 Å². The maximum atomic E-state index is 10.7. The topological polar surface area (TPSA) is 58.6 Å². The fraction of sp³-hybridized carbons (Fsp3) is 0.615. The molecule has 0 amide bonds. The molecule has 0 aliphatic carbocycles. The standard InChI is InChI=1S/C13H20N4O2/c1-11-14-4-3-13(15-11)17-7-5-16(6-8-17)9-10-19-12(2)18/h3-4H,5-10H2,1-2H3. The second-order valence-electron chi connectivity index (χ2n) is 4.63. The summed E-state index contributed by atoms with van der Waals surface area (Å²) in [5.74, 6) is 1.58. The number of rotatable bonds is 4. The van der Waals surface area contributed by atoms with Gasteiger partial charge in [-0.2, -0.15) is 0 Å². The first kappa shape index (κ1) is 13.7. The van der Waals surface area contributed by atoms with Crippen LogP contribution >= 0.6 is 0 Å². The minimum atomic E-state index is -0.213. The zero-order chi connectivity index (χ0) is 13.7. The van der Waals surface area contributed by atoms with Crippen molar-refractivity contribution in [2.45, 2.75) is 13.8 Å². The molecule has 1 aliphatic rings. The van der Waals surface area contributed by atoms with Gasteiger partial charge in [0.05, 0.1) is 0 Å². The molecule has 0 N–H and O–H groups in total. The first-order chi connectivity index (χ1) is 9.15. The van der Waals surface area contributed by atoms with Crippen LogP contribution < -0.4 is 4.90 Å². The summed E-state index contributed by atoms with van der Waals surface area (Å²) in [7, 11) is 0. The van der Waals surface area contributed by atoms with Crippen molar-refractivity contribution in [3.63, 3.8) is 0 Å². The third-order valence-electron chi connectivity index (χ3n) is 3.17. The summed E-state index contributed by atoms with van der Waals surface area (Å²) in [6.07, 6.45) is 1.80. The molecule has 1 saturated heterocycles. The minimum absolute atomic E-state index is 0.213. The van der Waals surface area contributed by atoms with E-state index < -0.39 is 0 Å². The molecule has 0 radical (unpaired) electrons. The van der Waals surface area contributed by atoms with E-state index in [1.54, 1.807) is 6.20 Å². The Morgan fingerprint density at radius 1 is 1.37 bits per heavy atom. The van der Waals surface area contributed by atoms with Gasteiger partial charge in [0.25, 0.3) is 0 Å². The van der Waals surface area contributed by atoms with Gasteiger partial charge in [-0.05, 0) is 13.0 Å². The normalized spacial score (nSPS) is 16.4. The van der Waals surface area contributed by atoms with E-state index in [0.29, 0.717) is 6.61 Å². The van der Waals surface area contributed by atoms with Crippen molar-refractivity contribution in [2.75, 3.05) is 44.2 Å². The molecule has 0 aromatic carbocycles. The highest BCUT2D eigenvalue weighted by Gasteiger charge is 2.17. The molecule has 6 heteroatoms. The third kappa shape index (κ3) is 4.17. The van der Waals surface area contributed by atoms with E-state index in [1.807, 2.05) is 13.0 Å². The average molecular weight is 264 g/mol. The van der Waals surface area contributed by atoms with E-state index in [4.69, 9.17) is 4.74 Å². The van der Waals surface area contributed by atoms with Crippen LogP contribution in [-0.4, -0.2) is 60.2 Å². The van der Waals surface area contributed by atoms with E-state index in [9.17, 15) is 4.79 Å². The van der Waals surface area contributed by atoms with Gasteiger partial charge in [0.15, 0.2) is 0 Å². The van der Waals surface area contributed by atoms with Crippen molar-refractivity contribution in [3.05, 3.63) is 18.1 Å². The Bertz CT molecular complexity index is 430. The van der Waals surface area contributed by atoms with Crippen LogP contribution in [0.15, 0.2) is 12.3 Å². The van der Waals surface area contributed by atoms with Crippen LogP contribution in [0.3, 0.4) is 0 Å². The molecule has 1 aromatic rings. The van der Waals surface area contributed by atoms with Crippen LogP contribution in [0, 0.1) is 6.92 Å². The van der Waals surface area contributed by atoms with Gasteiger partial charge in [0.2, 0.25) is 0 Å². The lowest BCUT2D eigenvalue weighted by Crippen LogP contribution is -2.47. The Morgan fingerprint density at radius 3 is 2.74 bits per heavy atom. The lowest BCUT2D eigenvalue weighted by Gasteiger charge is -2.35. The highest BCUT2D eigenvalue weighted by molar-refractivity contribution is 5.65. The molecule has 0 saturated carbocycles. The molecule has 0 spiro atoms. The number of aromatic nitrogens is 2. The monoisotopic (exact) mass is 264 g/mol. The SMILES string of the molecule is CC(=O)OCCN1CCN(c2ccnc(C)n2)CC1. The second-order valence-corrected chi connectivity index (χ2v) is 4.63. The summed E-state index contributed by atoms with van der Waals surface area (Å²) in [5, 5.41) is 0. The molecule has 0 atom stereocenters. The van der Waals surface area contributed by atoms with Crippen LogP contribution in [-0.2, 0) is 9.53 Å². The Kier molecular flexibility index (Phi) is 4.68. The highest BCUT2D eigenvalue weighted by Crippen LogP contribution is 2.12. The van der Waals surface area contributed by atoms with Crippen LogP contribution in [0.4, 0.5) is 5.82 Å². The fourth-order valence-corrected chi connectivity index (χ4v) is 2.14. The smallest absolute Gasteiger partial charge is 0.302 e. The van der Waals surface area contributed by atoms with Crippen molar-refractivity contribution >= 4 is 11.8 Å². The largest absolute Gasteiger partial charge is 0.465 e. The lowest BCUT2D eigenvalue weighted by molar-refractivity contribution is -0.141. The predicted octanol–water partition coefficient (Wildman–Crippen LogP) is 0.470. The molecule has 104 valence electrons. The number of carbonyl (C=O) groups is 1. The molecule has 2 rings (SSSR count). The third-order valence-corrected chi connectivity index (χ3v) is 3.17. The van der Waals surface area contributed by atoms with E-state index in [-0.39, 0.29) is 5.97 Å². The number of piperazine rings is 1. The van der Waals surface area contributed by atoms with Crippen LogP contribution in [0.5, 0.6) is 0 Å². The number of esters is 1. The van der Waals surface area contributed by atoms with Gasteiger partial charge in [0.1, 0.15) is 18.2 Å². The van der Waals surface area contributed by atoms with Crippen LogP contribution in [0.2, 0.25) is 0 Å². The van der Waals surface area contributed by atoms with Gasteiger partial charge in [0, 0.05) is 45.8 Å². The summed E-state index contributed by atoms with van der Waals surface area (Å²) >= 11 is 0.